The van der Waals surface area contributed by atoms with Crippen molar-refractivity contribution in [1.29, 1.82) is 0 Å². The van der Waals surface area contributed by atoms with Gasteiger partial charge in [-0.05, 0) is 31.9 Å². The highest BCUT2D eigenvalue weighted by molar-refractivity contribution is 5.82. The van der Waals surface area contributed by atoms with Crippen LogP contribution in [0.1, 0.15) is 44.7 Å². The molecule has 0 radical (unpaired) electrons. The topological polar surface area (TPSA) is 69.6 Å². The van der Waals surface area contributed by atoms with E-state index in [-0.39, 0.29) is 23.9 Å². The lowest BCUT2D eigenvalue weighted by atomic mass is 10.0. The molecule has 0 bridgehead atoms. The van der Waals surface area contributed by atoms with Crippen molar-refractivity contribution in [1.82, 2.24) is 10.2 Å². The Hall–Kier alpha value is -1.88. The van der Waals surface area contributed by atoms with Crippen molar-refractivity contribution < 1.29 is 14.7 Å². The highest BCUT2D eigenvalue weighted by atomic mass is 16.4. The van der Waals surface area contributed by atoms with Gasteiger partial charge in [0.2, 0.25) is 5.91 Å². The lowest BCUT2D eigenvalue weighted by molar-refractivity contribution is -0.141. The van der Waals surface area contributed by atoms with Crippen LogP contribution < -0.4 is 5.32 Å². The number of carbonyl (C=O) groups excluding carboxylic acids is 1. The van der Waals surface area contributed by atoms with Crippen LogP contribution in [0.4, 0.5) is 0 Å². The van der Waals surface area contributed by atoms with Gasteiger partial charge >= 0.3 is 5.97 Å². The van der Waals surface area contributed by atoms with Gasteiger partial charge in [0, 0.05) is 6.54 Å². The zero-order chi connectivity index (χ0) is 16.8. The van der Waals surface area contributed by atoms with Gasteiger partial charge in [-0.25, -0.2) is 0 Å². The van der Waals surface area contributed by atoms with E-state index in [0.717, 1.165) is 18.4 Å². The maximum atomic E-state index is 12.6. The summed E-state index contributed by atoms with van der Waals surface area (Å²) in [5, 5.41) is 12.2. The van der Waals surface area contributed by atoms with E-state index >= 15 is 0 Å². The molecule has 1 heterocycles. The Kier molecular flexibility index (Phi) is 6.16. The Bertz CT molecular complexity index is 532. The summed E-state index contributed by atoms with van der Waals surface area (Å²) in [5.41, 5.74) is 1.11. The molecular formula is C18H26N2O3. The van der Waals surface area contributed by atoms with E-state index in [1.54, 1.807) is 0 Å². The summed E-state index contributed by atoms with van der Waals surface area (Å²) in [5.74, 6) is -1.16. The van der Waals surface area contributed by atoms with Crippen molar-refractivity contribution in [3.63, 3.8) is 0 Å². The predicted octanol–water partition coefficient (Wildman–Crippen LogP) is 2.44. The van der Waals surface area contributed by atoms with Crippen molar-refractivity contribution in [3.05, 3.63) is 35.9 Å². The van der Waals surface area contributed by atoms with Crippen molar-refractivity contribution in [3.8, 4) is 0 Å². The zero-order valence-corrected chi connectivity index (χ0v) is 13.9. The van der Waals surface area contributed by atoms with E-state index in [2.05, 4.69) is 12.2 Å². The van der Waals surface area contributed by atoms with E-state index in [1.165, 1.54) is 0 Å². The first kappa shape index (κ1) is 17.5. The monoisotopic (exact) mass is 318 g/mol. The maximum Gasteiger partial charge on any atom is 0.307 e. The molecule has 0 aliphatic carbocycles. The highest BCUT2D eigenvalue weighted by Gasteiger charge is 2.33. The first-order chi connectivity index (χ1) is 11.0. The molecule has 23 heavy (non-hydrogen) atoms. The largest absolute Gasteiger partial charge is 0.481 e. The molecule has 2 rings (SSSR count). The summed E-state index contributed by atoms with van der Waals surface area (Å²) >= 11 is 0. The van der Waals surface area contributed by atoms with Gasteiger partial charge in [0.25, 0.3) is 0 Å². The van der Waals surface area contributed by atoms with Gasteiger partial charge in [-0.1, -0.05) is 43.7 Å². The summed E-state index contributed by atoms with van der Waals surface area (Å²) in [4.78, 5) is 25.6. The van der Waals surface area contributed by atoms with Crippen LogP contribution in [0, 0.1) is 5.92 Å². The molecule has 3 unspecified atom stereocenters. The summed E-state index contributed by atoms with van der Waals surface area (Å²) < 4.78 is 0. The second-order valence-corrected chi connectivity index (χ2v) is 6.26. The molecule has 5 heteroatoms. The Morgan fingerprint density at radius 2 is 2.04 bits per heavy atom. The van der Waals surface area contributed by atoms with Crippen LogP contribution >= 0.6 is 0 Å². The number of nitrogens with one attached hydrogen (secondary N) is 1. The number of hydrogen-bond donors (Lipinski definition) is 2. The molecule has 1 aromatic rings. The molecule has 126 valence electrons. The molecule has 5 nitrogen and oxygen atoms in total. The van der Waals surface area contributed by atoms with Crippen molar-refractivity contribution in [2.75, 3.05) is 13.1 Å². The SMILES string of the molecule is CCCC(NC(=O)C(C)N1CCC(C(=O)O)C1)c1ccccc1. The summed E-state index contributed by atoms with van der Waals surface area (Å²) in [7, 11) is 0. The summed E-state index contributed by atoms with van der Waals surface area (Å²) in [6.45, 7) is 5.07. The maximum absolute atomic E-state index is 12.6. The number of nitrogens with zero attached hydrogens (tertiary/aromatic N) is 1. The fraction of sp³-hybridized carbons (Fsp3) is 0.556. The van der Waals surface area contributed by atoms with Gasteiger partial charge in [-0.2, -0.15) is 0 Å². The van der Waals surface area contributed by atoms with Crippen LogP contribution in [-0.2, 0) is 9.59 Å². The number of aliphatic carboxylic acids is 1. The molecule has 1 aliphatic rings. The molecule has 1 aromatic carbocycles. The molecular weight excluding hydrogens is 292 g/mol. The molecule has 0 saturated carbocycles. The summed E-state index contributed by atoms with van der Waals surface area (Å²) in [6, 6.07) is 9.68. The van der Waals surface area contributed by atoms with E-state index in [0.29, 0.717) is 19.5 Å². The molecule has 1 aliphatic heterocycles. The number of rotatable bonds is 7. The number of likely N-dealkylation sites (tertiary alicyclic amines) is 1. The van der Waals surface area contributed by atoms with Gasteiger partial charge < -0.3 is 10.4 Å². The second-order valence-electron chi connectivity index (χ2n) is 6.26. The van der Waals surface area contributed by atoms with E-state index in [1.807, 2.05) is 42.2 Å². The van der Waals surface area contributed by atoms with Crippen LogP contribution in [0.15, 0.2) is 30.3 Å². The first-order valence-corrected chi connectivity index (χ1v) is 8.35. The van der Waals surface area contributed by atoms with Crippen molar-refractivity contribution in [2.45, 2.75) is 45.2 Å². The van der Waals surface area contributed by atoms with Crippen LogP contribution in [0.5, 0.6) is 0 Å². The minimum atomic E-state index is -0.770. The average molecular weight is 318 g/mol. The lowest BCUT2D eigenvalue weighted by Crippen LogP contribution is -2.45. The third kappa shape index (κ3) is 4.55. The average Bonchev–Trinajstić information content (AvgIpc) is 3.04. The second kappa shape index (κ2) is 8.11. The fourth-order valence-corrected chi connectivity index (χ4v) is 3.09. The fourth-order valence-electron chi connectivity index (χ4n) is 3.09. The number of amides is 1. The Morgan fingerprint density at radius 1 is 1.35 bits per heavy atom. The van der Waals surface area contributed by atoms with Crippen LogP contribution in [-0.4, -0.2) is 41.0 Å². The quantitative estimate of drug-likeness (QED) is 0.810. The molecule has 1 amide bonds. The predicted molar refractivity (Wildman–Crippen MR) is 89.0 cm³/mol. The number of hydrogen-bond acceptors (Lipinski definition) is 3. The van der Waals surface area contributed by atoms with E-state index < -0.39 is 5.97 Å². The van der Waals surface area contributed by atoms with E-state index in [4.69, 9.17) is 5.11 Å². The number of carbonyl (C=O) groups is 2. The van der Waals surface area contributed by atoms with Gasteiger partial charge in [-0.3, -0.25) is 14.5 Å². The smallest absolute Gasteiger partial charge is 0.307 e. The number of benzene rings is 1. The minimum Gasteiger partial charge on any atom is -0.481 e. The Balaban J connectivity index is 1.97. The Labute approximate surface area is 137 Å². The first-order valence-electron chi connectivity index (χ1n) is 8.35. The molecule has 0 spiro atoms. The summed E-state index contributed by atoms with van der Waals surface area (Å²) in [6.07, 6.45) is 2.49. The highest BCUT2D eigenvalue weighted by Crippen LogP contribution is 2.21. The van der Waals surface area contributed by atoms with Gasteiger partial charge in [0.1, 0.15) is 0 Å². The van der Waals surface area contributed by atoms with Crippen molar-refractivity contribution >= 4 is 11.9 Å². The lowest BCUT2D eigenvalue weighted by Gasteiger charge is -2.26. The molecule has 1 fully saturated rings. The van der Waals surface area contributed by atoms with Gasteiger partial charge in [-0.15, -0.1) is 0 Å². The molecule has 2 N–H and O–H groups in total. The zero-order valence-electron chi connectivity index (χ0n) is 13.9. The van der Waals surface area contributed by atoms with Crippen LogP contribution in [0.2, 0.25) is 0 Å². The van der Waals surface area contributed by atoms with Crippen LogP contribution in [0.3, 0.4) is 0 Å². The normalized spacial score (nSPS) is 20.9. The minimum absolute atomic E-state index is 0.00836. The molecule has 0 aromatic heterocycles. The third-order valence-electron chi connectivity index (χ3n) is 4.59. The van der Waals surface area contributed by atoms with Gasteiger partial charge in [0.15, 0.2) is 0 Å². The molecule has 3 atom stereocenters. The van der Waals surface area contributed by atoms with Gasteiger partial charge in [0.05, 0.1) is 18.0 Å². The third-order valence-corrected chi connectivity index (χ3v) is 4.59. The van der Waals surface area contributed by atoms with Crippen molar-refractivity contribution in [2.24, 2.45) is 5.92 Å². The standard InChI is InChI=1S/C18H26N2O3/c1-3-7-16(14-8-5-4-6-9-14)19-17(21)13(2)20-11-10-15(12-20)18(22)23/h4-6,8-9,13,15-16H,3,7,10-12H2,1-2H3,(H,19,21)(H,22,23). The van der Waals surface area contributed by atoms with E-state index in [9.17, 15) is 9.59 Å². The Morgan fingerprint density at radius 3 is 2.61 bits per heavy atom. The number of carboxylic acids is 1. The molecule has 1 saturated heterocycles. The van der Waals surface area contributed by atoms with Crippen LogP contribution in [0.25, 0.3) is 0 Å². The number of carboxylic acid groups (broad SMARTS) is 1.